The molecule has 5 nitrogen and oxygen atoms in total. The summed E-state index contributed by atoms with van der Waals surface area (Å²) in [6.07, 6.45) is 0. The molecule has 7 heteroatoms. The number of nitrogens with zero attached hydrogens (tertiary/aromatic N) is 1. The minimum Gasteiger partial charge on any atom is -0.310 e. The van der Waals surface area contributed by atoms with Gasteiger partial charge in [-0.25, -0.2) is 13.1 Å². The van der Waals surface area contributed by atoms with Crippen LogP contribution in [0.15, 0.2) is 12.1 Å². The molecule has 0 atom stereocenters. The SMILES string of the molecule is CCS(=O)(=O)NCCN(C(C)=O)c1c(C)cc(C)cc1Cl. The summed E-state index contributed by atoms with van der Waals surface area (Å²) >= 11 is 6.24. The van der Waals surface area contributed by atoms with Crippen molar-refractivity contribution >= 4 is 33.2 Å². The molecule has 0 unspecified atom stereocenters. The van der Waals surface area contributed by atoms with Gasteiger partial charge in [-0.05, 0) is 38.0 Å². The molecule has 0 aliphatic rings. The molecule has 1 aromatic carbocycles. The Morgan fingerprint density at radius 3 is 2.43 bits per heavy atom. The molecule has 0 saturated carbocycles. The third kappa shape index (κ3) is 4.98. The van der Waals surface area contributed by atoms with Gasteiger partial charge < -0.3 is 4.90 Å². The minimum absolute atomic E-state index is 0.0113. The summed E-state index contributed by atoms with van der Waals surface area (Å²) in [6.45, 7) is 7.18. The van der Waals surface area contributed by atoms with Gasteiger partial charge in [0, 0.05) is 20.0 Å². The number of anilines is 1. The lowest BCUT2D eigenvalue weighted by molar-refractivity contribution is -0.116. The highest BCUT2D eigenvalue weighted by Gasteiger charge is 2.18. The molecule has 0 aromatic heterocycles. The average molecular weight is 333 g/mol. The van der Waals surface area contributed by atoms with E-state index < -0.39 is 10.0 Å². The van der Waals surface area contributed by atoms with Crippen LogP contribution in [0.1, 0.15) is 25.0 Å². The maximum atomic E-state index is 11.8. The maximum absolute atomic E-state index is 11.8. The van der Waals surface area contributed by atoms with E-state index >= 15 is 0 Å². The van der Waals surface area contributed by atoms with E-state index in [0.29, 0.717) is 10.7 Å². The average Bonchev–Trinajstić information content (AvgIpc) is 2.35. The van der Waals surface area contributed by atoms with Crippen LogP contribution in [0.4, 0.5) is 5.69 Å². The smallest absolute Gasteiger partial charge is 0.223 e. The molecule has 0 heterocycles. The largest absolute Gasteiger partial charge is 0.310 e. The van der Waals surface area contributed by atoms with Crippen LogP contribution in [0.25, 0.3) is 0 Å². The molecule has 0 spiro atoms. The van der Waals surface area contributed by atoms with Crippen LogP contribution in [0.5, 0.6) is 0 Å². The Labute approximate surface area is 131 Å². The summed E-state index contributed by atoms with van der Waals surface area (Å²) in [5.74, 6) is -0.170. The molecule has 21 heavy (non-hydrogen) atoms. The van der Waals surface area contributed by atoms with E-state index in [-0.39, 0.29) is 24.7 Å². The van der Waals surface area contributed by atoms with Crippen molar-refractivity contribution in [1.82, 2.24) is 4.72 Å². The van der Waals surface area contributed by atoms with Gasteiger partial charge in [0.25, 0.3) is 0 Å². The molecule has 1 amide bonds. The molecule has 0 saturated heterocycles. The summed E-state index contributed by atoms with van der Waals surface area (Å²) in [5.41, 5.74) is 2.52. The first-order chi connectivity index (χ1) is 9.68. The van der Waals surface area contributed by atoms with Crippen LogP contribution in [-0.4, -0.2) is 33.2 Å². The zero-order chi connectivity index (χ0) is 16.2. The van der Waals surface area contributed by atoms with Gasteiger partial charge in [0.1, 0.15) is 0 Å². The van der Waals surface area contributed by atoms with Crippen LogP contribution >= 0.6 is 11.6 Å². The lowest BCUT2D eigenvalue weighted by Crippen LogP contribution is -2.38. The third-order valence-electron chi connectivity index (χ3n) is 3.09. The first kappa shape index (κ1) is 17.9. The maximum Gasteiger partial charge on any atom is 0.223 e. The number of nitrogens with one attached hydrogen (secondary N) is 1. The quantitative estimate of drug-likeness (QED) is 0.868. The molecule has 1 N–H and O–H groups in total. The summed E-state index contributed by atoms with van der Waals surface area (Å²) in [5, 5.41) is 0.487. The number of hydrogen-bond acceptors (Lipinski definition) is 3. The molecule has 0 bridgehead atoms. The molecule has 1 rings (SSSR count). The standard InChI is InChI=1S/C14H21ClN2O3S/c1-5-21(19,20)16-6-7-17(12(4)18)14-11(3)8-10(2)9-13(14)15/h8-9,16H,5-7H2,1-4H3. The molecule has 0 radical (unpaired) electrons. The van der Waals surface area contributed by atoms with E-state index in [9.17, 15) is 13.2 Å². The normalized spacial score (nSPS) is 11.5. The highest BCUT2D eigenvalue weighted by atomic mass is 35.5. The van der Waals surface area contributed by atoms with Crippen molar-refractivity contribution in [3.63, 3.8) is 0 Å². The second kappa shape index (κ2) is 7.24. The van der Waals surface area contributed by atoms with Crippen LogP contribution in [-0.2, 0) is 14.8 Å². The second-order valence-electron chi connectivity index (χ2n) is 4.88. The van der Waals surface area contributed by atoms with Crippen molar-refractivity contribution in [3.8, 4) is 0 Å². The van der Waals surface area contributed by atoms with Gasteiger partial charge in [-0.15, -0.1) is 0 Å². The lowest BCUT2D eigenvalue weighted by atomic mass is 10.1. The minimum atomic E-state index is -3.27. The van der Waals surface area contributed by atoms with E-state index in [2.05, 4.69) is 4.72 Å². The van der Waals surface area contributed by atoms with Gasteiger partial charge in [-0.3, -0.25) is 4.79 Å². The number of benzene rings is 1. The van der Waals surface area contributed by atoms with E-state index in [1.165, 1.54) is 11.8 Å². The molecule has 0 fully saturated rings. The van der Waals surface area contributed by atoms with Crippen molar-refractivity contribution in [3.05, 3.63) is 28.3 Å². The topological polar surface area (TPSA) is 66.5 Å². The Morgan fingerprint density at radius 2 is 1.95 bits per heavy atom. The second-order valence-corrected chi connectivity index (χ2v) is 7.38. The first-order valence-corrected chi connectivity index (χ1v) is 8.73. The van der Waals surface area contributed by atoms with E-state index in [1.54, 1.807) is 13.0 Å². The number of hydrogen-bond donors (Lipinski definition) is 1. The van der Waals surface area contributed by atoms with Crippen molar-refractivity contribution in [2.45, 2.75) is 27.7 Å². The van der Waals surface area contributed by atoms with Crippen LogP contribution in [0.2, 0.25) is 5.02 Å². The lowest BCUT2D eigenvalue weighted by Gasteiger charge is -2.24. The van der Waals surface area contributed by atoms with Crippen LogP contribution in [0.3, 0.4) is 0 Å². The van der Waals surface area contributed by atoms with Gasteiger partial charge in [-0.2, -0.15) is 0 Å². The molecular formula is C14H21ClN2O3S. The van der Waals surface area contributed by atoms with Crippen molar-refractivity contribution in [1.29, 1.82) is 0 Å². The number of carbonyl (C=O) groups excluding carboxylic acids is 1. The summed E-state index contributed by atoms with van der Waals surface area (Å²) in [7, 11) is -3.27. The van der Waals surface area contributed by atoms with Crippen LogP contribution in [0, 0.1) is 13.8 Å². The van der Waals surface area contributed by atoms with Gasteiger partial charge >= 0.3 is 0 Å². The molecule has 118 valence electrons. The van der Waals surface area contributed by atoms with Gasteiger partial charge in [0.15, 0.2) is 0 Å². The number of aryl methyl sites for hydroxylation is 2. The molecular weight excluding hydrogens is 312 g/mol. The highest BCUT2D eigenvalue weighted by molar-refractivity contribution is 7.89. The van der Waals surface area contributed by atoms with E-state index in [1.807, 2.05) is 19.9 Å². The summed E-state index contributed by atoms with van der Waals surface area (Å²) < 4.78 is 25.3. The third-order valence-corrected chi connectivity index (χ3v) is 4.78. The molecule has 1 aromatic rings. The van der Waals surface area contributed by atoms with Crippen molar-refractivity contribution in [2.75, 3.05) is 23.7 Å². The van der Waals surface area contributed by atoms with E-state index in [0.717, 1.165) is 11.1 Å². The van der Waals surface area contributed by atoms with Gasteiger partial charge in [-0.1, -0.05) is 17.7 Å². The predicted octanol–water partition coefficient (Wildman–Crippen LogP) is 2.25. The Bertz CT molecular complexity index is 606. The zero-order valence-electron chi connectivity index (χ0n) is 12.7. The number of amides is 1. The Kier molecular flexibility index (Phi) is 6.19. The fourth-order valence-electron chi connectivity index (χ4n) is 2.09. The fourth-order valence-corrected chi connectivity index (χ4v) is 3.12. The summed E-state index contributed by atoms with van der Waals surface area (Å²) in [6, 6.07) is 3.73. The van der Waals surface area contributed by atoms with Crippen molar-refractivity contribution in [2.24, 2.45) is 0 Å². The van der Waals surface area contributed by atoms with Gasteiger partial charge in [0.2, 0.25) is 15.9 Å². The van der Waals surface area contributed by atoms with Gasteiger partial charge in [0.05, 0.1) is 16.5 Å². The highest BCUT2D eigenvalue weighted by Crippen LogP contribution is 2.31. The zero-order valence-corrected chi connectivity index (χ0v) is 14.3. The Balaban J connectivity index is 2.96. The number of halogens is 1. The first-order valence-electron chi connectivity index (χ1n) is 6.70. The van der Waals surface area contributed by atoms with E-state index in [4.69, 9.17) is 11.6 Å². The number of sulfonamides is 1. The Morgan fingerprint density at radius 1 is 1.33 bits per heavy atom. The molecule has 0 aliphatic carbocycles. The Hall–Kier alpha value is -1.11. The molecule has 0 aliphatic heterocycles. The predicted molar refractivity (Wildman–Crippen MR) is 86.4 cm³/mol. The number of rotatable bonds is 6. The van der Waals surface area contributed by atoms with Crippen LogP contribution < -0.4 is 9.62 Å². The summed E-state index contributed by atoms with van der Waals surface area (Å²) in [4.78, 5) is 13.3. The number of carbonyl (C=O) groups is 1. The monoisotopic (exact) mass is 332 g/mol. The fraction of sp³-hybridized carbons (Fsp3) is 0.500. The van der Waals surface area contributed by atoms with Crippen molar-refractivity contribution < 1.29 is 13.2 Å².